The molecular formula is C19H26N4OS. The summed E-state index contributed by atoms with van der Waals surface area (Å²) in [5, 5.41) is 11.5. The van der Waals surface area contributed by atoms with Gasteiger partial charge in [0.15, 0.2) is 5.96 Å². The van der Waals surface area contributed by atoms with Gasteiger partial charge in [0.25, 0.3) is 5.91 Å². The topological polar surface area (TPSA) is 65.5 Å². The molecule has 6 heteroatoms. The summed E-state index contributed by atoms with van der Waals surface area (Å²) in [4.78, 5) is 17.2. The van der Waals surface area contributed by atoms with Crippen molar-refractivity contribution in [3.63, 3.8) is 0 Å². The highest BCUT2D eigenvalue weighted by atomic mass is 32.1. The van der Waals surface area contributed by atoms with E-state index in [9.17, 15) is 4.79 Å². The van der Waals surface area contributed by atoms with Crippen molar-refractivity contribution in [1.82, 2.24) is 16.0 Å². The normalized spacial score (nSPS) is 12.5. The van der Waals surface area contributed by atoms with Gasteiger partial charge in [0.05, 0.1) is 10.9 Å². The van der Waals surface area contributed by atoms with Crippen LogP contribution in [0.25, 0.3) is 0 Å². The Bertz CT molecular complexity index is 655. The predicted molar refractivity (Wildman–Crippen MR) is 105 cm³/mol. The summed E-state index contributed by atoms with van der Waals surface area (Å²) >= 11 is 1.45. The Balaban J connectivity index is 1.76. The largest absolute Gasteiger partial charge is 0.357 e. The second kappa shape index (κ2) is 10.5. The lowest BCUT2D eigenvalue weighted by Crippen LogP contribution is -2.39. The molecule has 134 valence electrons. The lowest BCUT2D eigenvalue weighted by atomic mass is 10.1. The monoisotopic (exact) mass is 358 g/mol. The van der Waals surface area contributed by atoms with E-state index in [0.717, 1.165) is 23.8 Å². The number of thiophene rings is 1. The van der Waals surface area contributed by atoms with Crippen LogP contribution in [0.5, 0.6) is 0 Å². The lowest BCUT2D eigenvalue weighted by molar-refractivity contribution is 0.0957. The molecule has 0 aliphatic carbocycles. The minimum Gasteiger partial charge on any atom is -0.357 e. The highest BCUT2D eigenvalue weighted by Crippen LogP contribution is 2.10. The fourth-order valence-corrected chi connectivity index (χ4v) is 2.96. The molecule has 25 heavy (non-hydrogen) atoms. The summed E-state index contributed by atoms with van der Waals surface area (Å²) in [5.74, 6) is 0.783. The number of hydrogen-bond acceptors (Lipinski definition) is 3. The first-order valence-corrected chi connectivity index (χ1v) is 9.50. The molecule has 0 fully saturated rings. The maximum atomic E-state index is 11.8. The number of carbonyl (C=O) groups is 1. The molecule has 1 aromatic heterocycles. The highest BCUT2D eigenvalue weighted by Gasteiger charge is 2.07. The van der Waals surface area contributed by atoms with Crippen molar-refractivity contribution in [3.05, 3.63) is 58.3 Å². The smallest absolute Gasteiger partial charge is 0.261 e. The van der Waals surface area contributed by atoms with Gasteiger partial charge in [-0.25, -0.2) is 0 Å². The van der Waals surface area contributed by atoms with Gasteiger partial charge < -0.3 is 16.0 Å². The maximum Gasteiger partial charge on any atom is 0.261 e. The number of aliphatic imine (C=N–C) groups is 1. The molecule has 0 saturated carbocycles. The highest BCUT2D eigenvalue weighted by molar-refractivity contribution is 7.12. The van der Waals surface area contributed by atoms with Gasteiger partial charge in [-0.15, -0.1) is 11.3 Å². The summed E-state index contributed by atoms with van der Waals surface area (Å²) < 4.78 is 0. The Kier molecular flexibility index (Phi) is 7.98. The zero-order chi connectivity index (χ0) is 17.9. The first-order chi connectivity index (χ1) is 12.2. The second-order valence-electron chi connectivity index (χ2n) is 5.62. The average Bonchev–Trinajstić information content (AvgIpc) is 3.17. The van der Waals surface area contributed by atoms with Gasteiger partial charge in [-0.1, -0.05) is 36.4 Å². The Morgan fingerprint density at radius 3 is 2.64 bits per heavy atom. The molecule has 2 rings (SSSR count). The molecule has 1 amide bonds. The van der Waals surface area contributed by atoms with Crippen molar-refractivity contribution in [2.24, 2.45) is 4.99 Å². The number of nitrogens with one attached hydrogen (secondary N) is 3. The molecule has 0 aliphatic heterocycles. The first kappa shape index (κ1) is 19.0. The van der Waals surface area contributed by atoms with E-state index in [1.165, 1.54) is 16.9 Å². The van der Waals surface area contributed by atoms with E-state index in [1.807, 2.05) is 42.6 Å². The van der Waals surface area contributed by atoms with E-state index in [1.54, 1.807) is 0 Å². The molecule has 1 atom stereocenters. The zero-order valence-corrected chi connectivity index (χ0v) is 15.6. The van der Waals surface area contributed by atoms with Gasteiger partial charge in [-0.2, -0.15) is 0 Å². The van der Waals surface area contributed by atoms with Crippen LogP contribution in [0.2, 0.25) is 0 Å². The number of amides is 1. The number of nitrogens with zero attached hydrogens (tertiary/aromatic N) is 1. The van der Waals surface area contributed by atoms with Crippen LogP contribution in [0.1, 0.15) is 41.5 Å². The minimum absolute atomic E-state index is 0.0123. The molecule has 0 aliphatic rings. The average molecular weight is 359 g/mol. The molecular weight excluding hydrogens is 332 g/mol. The van der Waals surface area contributed by atoms with Gasteiger partial charge in [-0.05, 0) is 37.3 Å². The van der Waals surface area contributed by atoms with E-state index in [4.69, 9.17) is 0 Å². The zero-order valence-electron chi connectivity index (χ0n) is 14.8. The Hall–Kier alpha value is -2.34. The van der Waals surface area contributed by atoms with Crippen molar-refractivity contribution in [3.8, 4) is 0 Å². The van der Waals surface area contributed by atoms with Crippen molar-refractivity contribution >= 4 is 23.2 Å². The lowest BCUT2D eigenvalue weighted by Gasteiger charge is -2.18. The Morgan fingerprint density at radius 2 is 1.96 bits per heavy atom. The fourth-order valence-electron chi connectivity index (χ4n) is 2.32. The first-order valence-electron chi connectivity index (χ1n) is 8.62. The third-order valence-electron chi connectivity index (χ3n) is 3.63. The number of guanidine groups is 1. The number of carbonyl (C=O) groups excluding carboxylic acids is 1. The van der Waals surface area contributed by atoms with Crippen LogP contribution in [0.3, 0.4) is 0 Å². The standard InChI is InChI=1S/C19H26N4OS/c1-3-20-19(23-15(2)16-9-5-4-6-10-16)22-13-8-12-21-18(24)17-11-7-14-25-17/h4-7,9-11,14-15H,3,8,12-13H2,1-2H3,(H,21,24)(H2,20,22,23). The van der Waals surface area contributed by atoms with Crippen LogP contribution in [0, 0.1) is 0 Å². The molecule has 5 nitrogen and oxygen atoms in total. The molecule has 1 aromatic carbocycles. The quantitative estimate of drug-likeness (QED) is 0.386. The third-order valence-corrected chi connectivity index (χ3v) is 4.50. The van der Waals surface area contributed by atoms with Crippen LogP contribution < -0.4 is 16.0 Å². The van der Waals surface area contributed by atoms with Crippen LogP contribution >= 0.6 is 11.3 Å². The molecule has 1 unspecified atom stereocenters. The SMILES string of the molecule is CCNC(=NCCCNC(=O)c1cccs1)NC(C)c1ccccc1. The van der Waals surface area contributed by atoms with Crippen molar-refractivity contribution < 1.29 is 4.79 Å². The number of rotatable bonds is 8. The second-order valence-corrected chi connectivity index (χ2v) is 6.57. The molecule has 3 N–H and O–H groups in total. The predicted octanol–water partition coefficient (Wildman–Crippen LogP) is 3.18. The van der Waals surface area contributed by atoms with Crippen LogP contribution in [-0.2, 0) is 0 Å². The summed E-state index contributed by atoms with van der Waals surface area (Å²) in [6.45, 7) is 6.24. The Labute approximate surface area is 153 Å². The number of hydrogen-bond donors (Lipinski definition) is 3. The molecule has 2 aromatic rings. The van der Waals surface area contributed by atoms with E-state index in [2.05, 4.69) is 40.0 Å². The molecule has 1 heterocycles. The van der Waals surface area contributed by atoms with E-state index < -0.39 is 0 Å². The minimum atomic E-state index is -0.0123. The summed E-state index contributed by atoms with van der Waals surface area (Å²) in [5.41, 5.74) is 1.22. The number of benzene rings is 1. The van der Waals surface area contributed by atoms with Gasteiger partial charge in [0, 0.05) is 19.6 Å². The maximum absolute atomic E-state index is 11.8. The summed E-state index contributed by atoms with van der Waals surface area (Å²) in [6.07, 6.45) is 0.799. The molecule has 0 spiro atoms. The Morgan fingerprint density at radius 1 is 1.16 bits per heavy atom. The van der Waals surface area contributed by atoms with E-state index >= 15 is 0 Å². The van der Waals surface area contributed by atoms with Gasteiger partial charge in [0.2, 0.25) is 0 Å². The van der Waals surface area contributed by atoms with Gasteiger partial charge >= 0.3 is 0 Å². The van der Waals surface area contributed by atoms with E-state index in [0.29, 0.717) is 13.1 Å². The fraction of sp³-hybridized carbons (Fsp3) is 0.368. The molecule has 0 radical (unpaired) electrons. The van der Waals surface area contributed by atoms with Gasteiger partial charge in [0.1, 0.15) is 0 Å². The van der Waals surface area contributed by atoms with Crippen LogP contribution in [0.4, 0.5) is 0 Å². The van der Waals surface area contributed by atoms with Crippen molar-refractivity contribution in [2.75, 3.05) is 19.6 Å². The van der Waals surface area contributed by atoms with Crippen molar-refractivity contribution in [1.29, 1.82) is 0 Å². The summed E-state index contributed by atoms with van der Waals surface area (Å²) in [6, 6.07) is 14.2. The van der Waals surface area contributed by atoms with Gasteiger partial charge in [-0.3, -0.25) is 9.79 Å². The molecule has 0 bridgehead atoms. The third kappa shape index (κ3) is 6.58. The summed E-state index contributed by atoms with van der Waals surface area (Å²) in [7, 11) is 0. The van der Waals surface area contributed by atoms with Crippen LogP contribution in [0.15, 0.2) is 52.8 Å². The molecule has 0 saturated heterocycles. The van der Waals surface area contributed by atoms with Crippen LogP contribution in [-0.4, -0.2) is 31.5 Å². The van der Waals surface area contributed by atoms with Crippen molar-refractivity contribution in [2.45, 2.75) is 26.3 Å². The van der Waals surface area contributed by atoms with E-state index in [-0.39, 0.29) is 11.9 Å².